The largest absolute Gasteiger partial charge is 0.493 e. The van der Waals surface area contributed by atoms with Gasteiger partial charge in [-0.3, -0.25) is 9.80 Å². The molecule has 1 fully saturated rings. The molecule has 2 aliphatic heterocycles. The normalized spacial score (nSPS) is 23.7. The van der Waals surface area contributed by atoms with Crippen molar-refractivity contribution in [2.45, 2.75) is 32.6 Å². The molecule has 0 aromatic heterocycles. The number of rotatable bonds is 4. The topological polar surface area (TPSA) is 101 Å². The van der Waals surface area contributed by atoms with Crippen LogP contribution in [0.2, 0.25) is 0 Å². The van der Waals surface area contributed by atoms with Gasteiger partial charge in [0.1, 0.15) is 5.82 Å². The zero-order chi connectivity index (χ0) is 23.0. The molecule has 1 saturated heterocycles. The molecule has 0 amide bonds. The van der Waals surface area contributed by atoms with Crippen LogP contribution in [0.5, 0.6) is 11.5 Å². The number of carbonyl (C=O) groups excluding carboxylic acids is 1. The summed E-state index contributed by atoms with van der Waals surface area (Å²) in [5.74, 6) is 0.825. The van der Waals surface area contributed by atoms with Crippen molar-refractivity contribution in [3.05, 3.63) is 46.4 Å². The van der Waals surface area contributed by atoms with Gasteiger partial charge >= 0.3 is 0 Å². The predicted molar refractivity (Wildman–Crippen MR) is 118 cm³/mol. The summed E-state index contributed by atoms with van der Waals surface area (Å²) in [6.45, 7) is 6.59. The Hall–Kier alpha value is -3.02. The van der Waals surface area contributed by atoms with Gasteiger partial charge in [-0.05, 0) is 17.9 Å². The first-order valence-electron chi connectivity index (χ1n) is 10.8. The molecule has 32 heavy (non-hydrogen) atoms. The SMILES string of the molecule is COc1cccc([C@@H]2C(C#N)=C(N)N(N3CCOCC3)C3=C2C(=O)CC(C)(C)C3)c1OC. The van der Waals surface area contributed by atoms with E-state index >= 15 is 0 Å². The van der Waals surface area contributed by atoms with Crippen molar-refractivity contribution >= 4 is 5.78 Å². The number of hydrogen-bond donors (Lipinski definition) is 1. The minimum absolute atomic E-state index is 0.0321. The quantitative estimate of drug-likeness (QED) is 0.766. The Morgan fingerprint density at radius 2 is 1.91 bits per heavy atom. The lowest BCUT2D eigenvalue weighted by atomic mass is 9.69. The molecule has 2 N–H and O–H groups in total. The number of hydrazine groups is 1. The number of nitrogens with two attached hydrogens (primary N) is 1. The van der Waals surface area contributed by atoms with Crippen LogP contribution in [0.4, 0.5) is 0 Å². The minimum Gasteiger partial charge on any atom is -0.493 e. The Labute approximate surface area is 188 Å². The molecule has 4 rings (SSSR count). The third-order valence-electron chi connectivity index (χ3n) is 6.37. The van der Waals surface area contributed by atoms with Crippen LogP contribution in [-0.4, -0.2) is 56.3 Å². The zero-order valence-electron chi connectivity index (χ0n) is 19.1. The molecular formula is C24H30N4O4. The van der Waals surface area contributed by atoms with Crippen LogP contribution in [0.3, 0.4) is 0 Å². The summed E-state index contributed by atoms with van der Waals surface area (Å²) in [5.41, 5.74) is 8.99. The number of nitrogens with zero attached hydrogens (tertiary/aromatic N) is 3. The third-order valence-corrected chi connectivity index (χ3v) is 6.37. The number of para-hydroxylation sites is 1. The number of ether oxygens (including phenoxy) is 3. The average Bonchev–Trinajstić information content (AvgIpc) is 2.77. The van der Waals surface area contributed by atoms with Gasteiger partial charge in [-0.25, -0.2) is 5.01 Å². The maximum Gasteiger partial charge on any atom is 0.164 e. The number of nitriles is 1. The van der Waals surface area contributed by atoms with Gasteiger partial charge in [0, 0.05) is 36.3 Å². The molecule has 1 aromatic rings. The number of allylic oxidation sites excluding steroid dienone is 3. The molecule has 1 aromatic carbocycles. The van der Waals surface area contributed by atoms with E-state index in [1.54, 1.807) is 20.3 Å². The molecule has 0 unspecified atom stereocenters. The molecular weight excluding hydrogens is 408 g/mol. The van der Waals surface area contributed by atoms with Crippen LogP contribution in [0.25, 0.3) is 0 Å². The van der Waals surface area contributed by atoms with Gasteiger partial charge in [-0.15, -0.1) is 0 Å². The van der Waals surface area contributed by atoms with Gasteiger partial charge in [0.25, 0.3) is 0 Å². The summed E-state index contributed by atoms with van der Waals surface area (Å²) in [5, 5.41) is 14.2. The standard InChI is InChI=1S/C24H30N4O4/c1-24(2)12-17-21(18(29)13-24)20(15-6-5-7-19(30-3)22(15)31-4)16(14-25)23(26)28(17)27-8-10-32-11-9-27/h5-7,20H,8-13,26H2,1-4H3/t20-/m1/s1. The van der Waals surface area contributed by atoms with E-state index in [-0.39, 0.29) is 11.2 Å². The lowest BCUT2D eigenvalue weighted by molar-refractivity contribution is -0.119. The highest BCUT2D eigenvalue weighted by Gasteiger charge is 2.46. The second-order valence-corrected chi connectivity index (χ2v) is 9.11. The van der Waals surface area contributed by atoms with E-state index in [2.05, 4.69) is 24.9 Å². The number of methoxy groups -OCH3 is 2. The Morgan fingerprint density at radius 1 is 1.19 bits per heavy atom. The molecule has 0 spiro atoms. The van der Waals surface area contributed by atoms with E-state index in [0.717, 1.165) is 5.70 Å². The molecule has 8 heteroatoms. The number of Topliss-reactive ketones (excluding diaryl/α,β-unsaturated/α-hetero) is 1. The van der Waals surface area contributed by atoms with Crippen molar-refractivity contribution in [3.63, 3.8) is 0 Å². The van der Waals surface area contributed by atoms with Gasteiger partial charge in [-0.2, -0.15) is 5.26 Å². The van der Waals surface area contributed by atoms with Gasteiger partial charge in [0.05, 0.1) is 45.0 Å². The van der Waals surface area contributed by atoms with Crippen LogP contribution in [0, 0.1) is 16.7 Å². The Bertz CT molecular complexity index is 1030. The molecule has 1 aliphatic carbocycles. The smallest absolute Gasteiger partial charge is 0.164 e. The molecule has 8 nitrogen and oxygen atoms in total. The zero-order valence-corrected chi connectivity index (χ0v) is 19.1. The second kappa shape index (κ2) is 8.49. The summed E-state index contributed by atoms with van der Waals surface area (Å²) in [6, 6.07) is 7.82. The Balaban J connectivity index is 1.97. The maximum absolute atomic E-state index is 13.6. The van der Waals surface area contributed by atoms with Crippen molar-refractivity contribution in [1.82, 2.24) is 10.0 Å². The van der Waals surface area contributed by atoms with Crippen molar-refractivity contribution in [1.29, 1.82) is 5.26 Å². The first kappa shape index (κ1) is 22.2. The fourth-order valence-electron chi connectivity index (χ4n) is 5.02. The summed E-state index contributed by atoms with van der Waals surface area (Å²) in [4.78, 5) is 13.6. The second-order valence-electron chi connectivity index (χ2n) is 9.11. The van der Waals surface area contributed by atoms with E-state index in [1.165, 1.54) is 0 Å². The fraction of sp³-hybridized carbons (Fsp3) is 0.500. The highest BCUT2D eigenvalue weighted by molar-refractivity contribution is 6.00. The lowest BCUT2D eigenvalue weighted by Crippen LogP contribution is -2.53. The Kier molecular flexibility index (Phi) is 5.89. The van der Waals surface area contributed by atoms with E-state index in [9.17, 15) is 10.1 Å². The monoisotopic (exact) mass is 438 g/mol. The van der Waals surface area contributed by atoms with Gasteiger partial charge in [-0.1, -0.05) is 26.0 Å². The summed E-state index contributed by atoms with van der Waals surface area (Å²) in [7, 11) is 3.13. The van der Waals surface area contributed by atoms with E-state index in [0.29, 0.717) is 73.2 Å². The van der Waals surface area contributed by atoms with Crippen molar-refractivity contribution in [2.75, 3.05) is 40.5 Å². The van der Waals surface area contributed by atoms with E-state index in [4.69, 9.17) is 19.9 Å². The average molecular weight is 439 g/mol. The Morgan fingerprint density at radius 3 is 2.53 bits per heavy atom. The first-order chi connectivity index (χ1) is 15.3. The number of ketones is 1. The van der Waals surface area contributed by atoms with E-state index < -0.39 is 5.92 Å². The number of morpholine rings is 1. The third kappa shape index (κ3) is 3.61. The van der Waals surface area contributed by atoms with Crippen LogP contribution >= 0.6 is 0 Å². The predicted octanol–water partition coefficient (Wildman–Crippen LogP) is 2.69. The fourth-order valence-corrected chi connectivity index (χ4v) is 5.02. The maximum atomic E-state index is 13.6. The van der Waals surface area contributed by atoms with Crippen molar-refractivity contribution in [3.8, 4) is 17.6 Å². The molecule has 0 bridgehead atoms. The molecule has 3 aliphatic rings. The van der Waals surface area contributed by atoms with Gasteiger partial charge in [0.15, 0.2) is 17.3 Å². The molecule has 170 valence electrons. The molecule has 0 radical (unpaired) electrons. The number of hydrogen-bond acceptors (Lipinski definition) is 8. The first-order valence-corrected chi connectivity index (χ1v) is 10.8. The highest BCUT2D eigenvalue weighted by atomic mass is 16.5. The van der Waals surface area contributed by atoms with Crippen LogP contribution in [-0.2, 0) is 9.53 Å². The lowest BCUT2D eigenvalue weighted by Gasteiger charge is -2.48. The summed E-state index contributed by atoms with van der Waals surface area (Å²) in [6.07, 6.45) is 1.08. The summed E-state index contributed by atoms with van der Waals surface area (Å²) >= 11 is 0. The van der Waals surface area contributed by atoms with Crippen molar-refractivity contribution in [2.24, 2.45) is 11.1 Å². The van der Waals surface area contributed by atoms with Gasteiger partial charge < -0.3 is 19.9 Å². The minimum atomic E-state index is -0.610. The van der Waals surface area contributed by atoms with Crippen LogP contribution < -0.4 is 15.2 Å². The summed E-state index contributed by atoms with van der Waals surface area (Å²) < 4.78 is 16.7. The molecule has 2 heterocycles. The number of benzene rings is 1. The molecule has 0 saturated carbocycles. The van der Waals surface area contributed by atoms with E-state index in [1.807, 2.05) is 17.1 Å². The van der Waals surface area contributed by atoms with Crippen LogP contribution in [0.1, 0.15) is 38.2 Å². The van der Waals surface area contributed by atoms with Crippen LogP contribution in [0.15, 0.2) is 40.9 Å². The number of carbonyl (C=O) groups is 1. The highest BCUT2D eigenvalue weighted by Crippen LogP contribution is 2.52. The van der Waals surface area contributed by atoms with Gasteiger partial charge in [0.2, 0.25) is 0 Å². The van der Waals surface area contributed by atoms with Crippen molar-refractivity contribution < 1.29 is 19.0 Å². The molecule has 1 atom stereocenters.